The van der Waals surface area contributed by atoms with Crippen LogP contribution in [-0.2, 0) is 26.6 Å². The van der Waals surface area contributed by atoms with Crippen LogP contribution in [-0.4, -0.2) is 57.4 Å². The average Bonchev–Trinajstić information content (AvgIpc) is 3.09. The van der Waals surface area contributed by atoms with Gasteiger partial charge in [-0.2, -0.15) is 0 Å². The molecule has 1 aliphatic heterocycles. The molecule has 1 saturated heterocycles. The van der Waals surface area contributed by atoms with E-state index in [0.29, 0.717) is 30.8 Å². The van der Waals surface area contributed by atoms with Crippen LogP contribution in [0.25, 0.3) is 0 Å². The summed E-state index contributed by atoms with van der Waals surface area (Å²) >= 11 is 0. The number of rotatable bonds is 5. The van der Waals surface area contributed by atoms with Crippen molar-refractivity contribution in [2.75, 3.05) is 6.61 Å². The molecule has 4 N–H and O–H groups in total. The van der Waals surface area contributed by atoms with Crippen molar-refractivity contribution in [2.24, 2.45) is 58.2 Å². The van der Waals surface area contributed by atoms with Crippen LogP contribution in [0.3, 0.4) is 0 Å². The molecule has 3 saturated carbocycles. The summed E-state index contributed by atoms with van der Waals surface area (Å²) in [7, 11) is 0. The molecule has 6 nitrogen and oxygen atoms in total. The first-order valence-electron chi connectivity index (χ1n) is 13.7. The van der Waals surface area contributed by atoms with Gasteiger partial charge in [0.2, 0.25) is 0 Å². The van der Waals surface area contributed by atoms with E-state index in [9.17, 15) is 25.2 Å². The van der Waals surface area contributed by atoms with Crippen molar-refractivity contribution in [1.82, 2.24) is 0 Å². The second-order valence-corrected chi connectivity index (χ2v) is 13.3. The third-order valence-corrected chi connectivity index (χ3v) is 11.5. The van der Waals surface area contributed by atoms with Gasteiger partial charge in [-0.05, 0) is 90.8 Å². The standard InChI is InChI=1S/C28H48O6.Cu/c1-14(2)15(3)24(31)25(32)16(4)18-7-8-19-17-13-34-26(33)21-11-22(29)23(30)12-28(21,6)20(17)9-10-27(18,19)5;/h14-25,29-32H,7-13H2,1-6H3;/t15-,16-,17-,18+,19-,20-,21+,22-,23+,24+,25+,27+,28+;/m0./s1. The van der Waals surface area contributed by atoms with Crippen LogP contribution in [0.15, 0.2) is 0 Å². The largest absolute Gasteiger partial charge is 0.465 e. The Hall–Kier alpha value is -0.171. The summed E-state index contributed by atoms with van der Waals surface area (Å²) in [6, 6.07) is 0. The fourth-order valence-corrected chi connectivity index (χ4v) is 8.95. The molecule has 4 aliphatic rings. The van der Waals surface area contributed by atoms with Crippen LogP contribution >= 0.6 is 0 Å². The summed E-state index contributed by atoms with van der Waals surface area (Å²) in [6.07, 6.45) is 1.61. The van der Waals surface area contributed by atoms with Crippen molar-refractivity contribution in [3.63, 3.8) is 0 Å². The van der Waals surface area contributed by atoms with E-state index in [4.69, 9.17) is 4.74 Å². The smallest absolute Gasteiger partial charge is 0.309 e. The van der Waals surface area contributed by atoms with Crippen LogP contribution in [0.4, 0.5) is 0 Å². The predicted octanol–water partition coefficient (Wildman–Crippen LogP) is 3.39. The average molecular weight is 544 g/mol. The van der Waals surface area contributed by atoms with Crippen LogP contribution < -0.4 is 0 Å². The Kier molecular flexibility index (Phi) is 8.85. The molecule has 0 aromatic carbocycles. The van der Waals surface area contributed by atoms with E-state index >= 15 is 0 Å². The van der Waals surface area contributed by atoms with Crippen molar-refractivity contribution in [2.45, 2.75) is 104 Å². The third kappa shape index (κ3) is 4.76. The maximum Gasteiger partial charge on any atom is 0.309 e. The molecule has 207 valence electrons. The normalized spacial score (nSPS) is 46.7. The summed E-state index contributed by atoms with van der Waals surface area (Å²) in [5.74, 6) is 0.948. The van der Waals surface area contributed by atoms with Gasteiger partial charge in [0.15, 0.2) is 0 Å². The summed E-state index contributed by atoms with van der Waals surface area (Å²) in [4.78, 5) is 13.0. The number of hydrogen-bond acceptors (Lipinski definition) is 6. The van der Waals surface area contributed by atoms with Crippen molar-refractivity contribution < 1.29 is 47.0 Å². The Bertz CT molecular complexity index is 762. The third-order valence-electron chi connectivity index (χ3n) is 11.5. The van der Waals surface area contributed by atoms with Crippen molar-refractivity contribution >= 4 is 5.97 Å². The molecule has 1 radical (unpaired) electrons. The molecule has 0 unspecified atom stereocenters. The second-order valence-electron chi connectivity index (χ2n) is 13.3. The van der Waals surface area contributed by atoms with E-state index < -0.39 is 24.4 Å². The van der Waals surface area contributed by atoms with Gasteiger partial charge in [0.1, 0.15) is 0 Å². The van der Waals surface area contributed by atoms with E-state index in [2.05, 4.69) is 34.6 Å². The number of ether oxygens (including phenoxy) is 1. The van der Waals surface area contributed by atoms with E-state index in [-0.39, 0.29) is 69.9 Å². The minimum absolute atomic E-state index is 0. The SMILES string of the molecule is CC(C)[C@H](C)[C@@H](O)[C@H](O)[C@@H](C)[C@H]1CC[C@H]2[C@@H]3COC(=O)[C@H]4C[C@H](O)[C@H](O)C[C@]4(C)[C@H]3CC[C@]12C.[Cu]. The Morgan fingerprint density at radius 3 is 2.17 bits per heavy atom. The van der Waals surface area contributed by atoms with Gasteiger partial charge in [-0.1, -0.05) is 41.5 Å². The van der Waals surface area contributed by atoms with Crippen LogP contribution in [0.1, 0.15) is 80.1 Å². The molecule has 0 aromatic heterocycles. The molecule has 35 heavy (non-hydrogen) atoms. The van der Waals surface area contributed by atoms with Gasteiger partial charge in [-0.25, -0.2) is 0 Å². The zero-order chi connectivity index (χ0) is 25.2. The predicted molar refractivity (Wildman–Crippen MR) is 130 cm³/mol. The molecule has 0 amide bonds. The minimum atomic E-state index is -0.867. The molecule has 0 aromatic rings. The molecule has 13 atom stereocenters. The maximum atomic E-state index is 13.0. The number of cyclic esters (lactones) is 1. The van der Waals surface area contributed by atoms with Crippen molar-refractivity contribution in [3.05, 3.63) is 0 Å². The molecule has 1 heterocycles. The first-order valence-corrected chi connectivity index (χ1v) is 13.7. The van der Waals surface area contributed by atoms with E-state index in [1.807, 2.05) is 6.92 Å². The van der Waals surface area contributed by atoms with Gasteiger partial charge in [-0.3, -0.25) is 4.79 Å². The van der Waals surface area contributed by atoms with Gasteiger partial charge in [0, 0.05) is 17.1 Å². The quantitative estimate of drug-likeness (QED) is 0.313. The van der Waals surface area contributed by atoms with E-state index in [0.717, 1.165) is 25.7 Å². The zero-order valence-corrected chi connectivity index (χ0v) is 23.2. The zero-order valence-electron chi connectivity index (χ0n) is 22.3. The number of aliphatic hydroxyl groups is 4. The van der Waals surface area contributed by atoms with Gasteiger partial charge >= 0.3 is 5.97 Å². The minimum Gasteiger partial charge on any atom is -0.465 e. The van der Waals surface area contributed by atoms with Gasteiger partial charge in [0.05, 0.1) is 36.9 Å². The van der Waals surface area contributed by atoms with Gasteiger partial charge < -0.3 is 25.2 Å². The molecule has 3 aliphatic carbocycles. The second kappa shape index (κ2) is 10.5. The number of aliphatic hydroxyl groups excluding tert-OH is 4. The molecule has 4 fully saturated rings. The molecule has 0 spiro atoms. The van der Waals surface area contributed by atoms with Crippen LogP contribution in [0.5, 0.6) is 0 Å². The summed E-state index contributed by atoms with van der Waals surface area (Å²) in [6.45, 7) is 13.2. The van der Waals surface area contributed by atoms with E-state index in [1.54, 1.807) is 0 Å². The summed E-state index contributed by atoms with van der Waals surface area (Å²) in [5, 5.41) is 42.9. The first-order chi connectivity index (χ1) is 15.8. The molecule has 4 rings (SSSR count). The van der Waals surface area contributed by atoms with Crippen molar-refractivity contribution in [1.29, 1.82) is 0 Å². The fourth-order valence-electron chi connectivity index (χ4n) is 8.95. The Morgan fingerprint density at radius 2 is 1.54 bits per heavy atom. The number of hydrogen-bond donors (Lipinski definition) is 4. The number of fused-ring (bicyclic) bond motifs is 5. The first kappa shape index (κ1) is 29.4. The summed E-state index contributed by atoms with van der Waals surface area (Å²) < 4.78 is 5.86. The van der Waals surface area contributed by atoms with Gasteiger partial charge in [-0.15, -0.1) is 0 Å². The Morgan fingerprint density at radius 1 is 0.914 bits per heavy atom. The van der Waals surface area contributed by atoms with Crippen LogP contribution in [0, 0.1) is 58.2 Å². The molecular weight excluding hydrogens is 496 g/mol. The number of carbonyl (C=O) groups is 1. The monoisotopic (exact) mass is 543 g/mol. The molecule has 0 bridgehead atoms. The van der Waals surface area contributed by atoms with Crippen LogP contribution in [0.2, 0.25) is 0 Å². The van der Waals surface area contributed by atoms with Crippen molar-refractivity contribution in [3.8, 4) is 0 Å². The maximum absolute atomic E-state index is 13.0. The summed E-state index contributed by atoms with van der Waals surface area (Å²) in [5.41, 5.74) is -0.345. The topological polar surface area (TPSA) is 107 Å². The Labute approximate surface area is 222 Å². The fraction of sp³-hybridized carbons (Fsp3) is 0.964. The van der Waals surface area contributed by atoms with E-state index in [1.165, 1.54) is 0 Å². The molecule has 7 heteroatoms. The Balaban J connectivity index is 0.00000342. The van der Waals surface area contributed by atoms with Gasteiger partial charge in [0.25, 0.3) is 0 Å². The molecular formula is C28H48CuO6. The number of carbonyl (C=O) groups excluding carboxylic acids is 1. The number of esters is 1.